The molecule has 7 heteroatoms. The fraction of sp³-hybridized carbons (Fsp3) is 0.300. The van der Waals surface area contributed by atoms with Crippen LogP contribution >= 0.6 is 12.2 Å². The Kier molecular flexibility index (Phi) is 11.1. The number of thiocarbonyl (C=S) groups is 1. The first-order chi connectivity index (χ1) is 18.0. The van der Waals surface area contributed by atoms with Gasteiger partial charge in [0.15, 0.2) is 5.11 Å². The molecule has 2 amide bonds. The summed E-state index contributed by atoms with van der Waals surface area (Å²) in [4.78, 5) is 25.1. The van der Waals surface area contributed by atoms with Crippen LogP contribution in [0.25, 0.3) is 0 Å². The fourth-order valence-corrected chi connectivity index (χ4v) is 3.96. The molecule has 0 radical (unpaired) electrons. The molecule has 3 aromatic carbocycles. The van der Waals surface area contributed by atoms with Crippen LogP contribution in [0.2, 0.25) is 0 Å². The second-order valence-corrected chi connectivity index (χ2v) is 9.29. The molecular weight excluding hydrogens is 482 g/mol. The molecule has 0 saturated carbocycles. The highest BCUT2D eigenvalue weighted by Crippen LogP contribution is 2.15. The van der Waals surface area contributed by atoms with Crippen LogP contribution in [-0.2, 0) is 0 Å². The van der Waals surface area contributed by atoms with E-state index in [1.807, 2.05) is 37.3 Å². The second-order valence-electron chi connectivity index (χ2n) is 8.88. The molecule has 0 saturated heterocycles. The smallest absolute Gasteiger partial charge is 0.257 e. The number of anilines is 1. The lowest BCUT2D eigenvalue weighted by Gasteiger charge is -2.15. The topological polar surface area (TPSA) is 79.5 Å². The van der Waals surface area contributed by atoms with Crippen LogP contribution in [0, 0.1) is 0 Å². The minimum absolute atomic E-state index is 0.106. The average molecular weight is 518 g/mol. The summed E-state index contributed by atoms with van der Waals surface area (Å²) in [5, 5.41) is 8.82. The van der Waals surface area contributed by atoms with E-state index in [2.05, 4.69) is 22.9 Å². The largest absolute Gasteiger partial charge is 0.494 e. The maximum atomic E-state index is 12.6. The first kappa shape index (κ1) is 27.9. The van der Waals surface area contributed by atoms with Gasteiger partial charge < -0.3 is 15.4 Å². The third-order valence-corrected chi connectivity index (χ3v) is 6.12. The minimum Gasteiger partial charge on any atom is -0.494 e. The summed E-state index contributed by atoms with van der Waals surface area (Å²) in [5.74, 6) is 0.271. The molecule has 0 bridgehead atoms. The van der Waals surface area contributed by atoms with E-state index in [9.17, 15) is 9.59 Å². The average Bonchev–Trinajstić information content (AvgIpc) is 2.91. The van der Waals surface area contributed by atoms with Crippen molar-refractivity contribution in [3.05, 3.63) is 95.6 Å². The Morgan fingerprint density at radius 1 is 0.811 bits per heavy atom. The number of hydrogen-bond donors (Lipinski definition) is 3. The number of benzene rings is 3. The zero-order chi connectivity index (χ0) is 26.5. The first-order valence-electron chi connectivity index (χ1n) is 12.8. The van der Waals surface area contributed by atoms with Gasteiger partial charge in [0, 0.05) is 16.8 Å². The molecule has 0 aromatic heterocycles. The molecule has 0 aliphatic rings. The Hall–Kier alpha value is -3.71. The third-order valence-electron chi connectivity index (χ3n) is 5.91. The first-order valence-corrected chi connectivity index (χ1v) is 13.2. The molecule has 3 rings (SSSR count). The number of carbonyl (C=O) groups excluding carboxylic acids is 2. The number of hydrogen-bond acceptors (Lipinski definition) is 4. The summed E-state index contributed by atoms with van der Waals surface area (Å²) in [7, 11) is 0. The van der Waals surface area contributed by atoms with Crippen molar-refractivity contribution in [2.24, 2.45) is 0 Å². The highest BCUT2D eigenvalue weighted by Gasteiger charge is 2.12. The van der Waals surface area contributed by atoms with Crippen molar-refractivity contribution in [2.75, 3.05) is 11.9 Å². The van der Waals surface area contributed by atoms with Crippen LogP contribution in [0.15, 0.2) is 78.9 Å². The van der Waals surface area contributed by atoms with Crippen molar-refractivity contribution < 1.29 is 14.3 Å². The molecule has 1 atom stereocenters. The van der Waals surface area contributed by atoms with Gasteiger partial charge in [0.05, 0.1) is 12.6 Å². The summed E-state index contributed by atoms with van der Waals surface area (Å²) >= 11 is 5.29. The number of rotatable bonds is 12. The lowest BCUT2D eigenvalue weighted by atomic mass is 10.1. The molecule has 1 unspecified atom stereocenters. The fourth-order valence-electron chi connectivity index (χ4n) is 3.75. The molecule has 0 heterocycles. The van der Waals surface area contributed by atoms with Gasteiger partial charge in [-0.2, -0.15) is 0 Å². The number of nitrogens with one attached hydrogen (secondary N) is 3. The summed E-state index contributed by atoms with van der Waals surface area (Å²) in [5.41, 5.74) is 2.72. The Bertz CT molecular complexity index is 1150. The summed E-state index contributed by atoms with van der Waals surface area (Å²) in [6, 6.07) is 23.6. The van der Waals surface area contributed by atoms with E-state index in [1.54, 1.807) is 48.5 Å². The minimum atomic E-state index is -0.311. The highest BCUT2D eigenvalue weighted by molar-refractivity contribution is 7.80. The van der Waals surface area contributed by atoms with Gasteiger partial charge in [-0.25, -0.2) is 0 Å². The molecule has 194 valence electrons. The number of unbranched alkanes of at least 4 members (excludes halogenated alkanes) is 4. The molecule has 0 aliphatic carbocycles. The zero-order valence-corrected chi connectivity index (χ0v) is 22.3. The van der Waals surface area contributed by atoms with Crippen molar-refractivity contribution >= 4 is 34.8 Å². The normalized spacial score (nSPS) is 11.3. The molecule has 0 spiro atoms. The summed E-state index contributed by atoms with van der Waals surface area (Å²) in [6.45, 7) is 4.82. The molecule has 6 nitrogen and oxygen atoms in total. The van der Waals surface area contributed by atoms with Gasteiger partial charge in [0.1, 0.15) is 5.75 Å². The van der Waals surface area contributed by atoms with E-state index in [0.29, 0.717) is 23.4 Å². The SMILES string of the molecule is CCCCCCCOc1ccc(C(=O)NC(=S)Nc2ccc(C(=O)NC(C)c3ccccc3)cc2)cc1. The van der Waals surface area contributed by atoms with Gasteiger partial charge >= 0.3 is 0 Å². The van der Waals surface area contributed by atoms with Crippen molar-refractivity contribution in [2.45, 2.75) is 52.0 Å². The van der Waals surface area contributed by atoms with E-state index < -0.39 is 0 Å². The molecule has 3 aromatic rings. The maximum absolute atomic E-state index is 12.6. The maximum Gasteiger partial charge on any atom is 0.257 e. The van der Waals surface area contributed by atoms with Crippen LogP contribution in [-0.4, -0.2) is 23.5 Å². The molecule has 3 N–H and O–H groups in total. The molecular formula is C30H35N3O3S. The highest BCUT2D eigenvalue weighted by atomic mass is 32.1. The standard InChI is InChI=1S/C30H35N3O3S/c1-3-4-5-6-10-21-36-27-19-15-25(16-20-27)29(35)33-30(37)32-26-17-13-24(14-18-26)28(34)31-22(2)23-11-8-7-9-12-23/h7-9,11-20,22H,3-6,10,21H2,1-2H3,(H,31,34)(H2,32,33,35,37). The predicted molar refractivity (Wildman–Crippen MR) is 153 cm³/mol. The third kappa shape index (κ3) is 9.35. The van der Waals surface area contributed by atoms with Crippen LogP contribution in [0.4, 0.5) is 5.69 Å². The van der Waals surface area contributed by atoms with Gasteiger partial charge in [-0.05, 0) is 79.7 Å². The Morgan fingerprint density at radius 2 is 1.43 bits per heavy atom. The quantitative estimate of drug-likeness (QED) is 0.185. The van der Waals surface area contributed by atoms with Crippen molar-refractivity contribution in [3.63, 3.8) is 0 Å². The Morgan fingerprint density at radius 3 is 2.11 bits per heavy atom. The molecule has 0 fully saturated rings. The summed E-state index contributed by atoms with van der Waals surface area (Å²) in [6.07, 6.45) is 5.92. The molecule has 0 aliphatic heterocycles. The van der Waals surface area contributed by atoms with Gasteiger partial charge in [0.25, 0.3) is 11.8 Å². The molecule has 37 heavy (non-hydrogen) atoms. The number of ether oxygens (including phenoxy) is 1. The van der Waals surface area contributed by atoms with Crippen LogP contribution in [0.5, 0.6) is 5.75 Å². The van der Waals surface area contributed by atoms with Gasteiger partial charge in [-0.1, -0.05) is 62.9 Å². The number of carbonyl (C=O) groups is 2. The van der Waals surface area contributed by atoms with Crippen molar-refractivity contribution in [1.29, 1.82) is 0 Å². The van der Waals surface area contributed by atoms with Crippen LogP contribution in [0.3, 0.4) is 0 Å². The van der Waals surface area contributed by atoms with Crippen molar-refractivity contribution in [1.82, 2.24) is 10.6 Å². The summed E-state index contributed by atoms with van der Waals surface area (Å²) < 4.78 is 5.75. The van der Waals surface area contributed by atoms with E-state index in [1.165, 1.54) is 25.7 Å². The lowest BCUT2D eigenvalue weighted by Crippen LogP contribution is -2.34. The van der Waals surface area contributed by atoms with Crippen LogP contribution < -0.4 is 20.7 Å². The predicted octanol–water partition coefficient (Wildman–Crippen LogP) is 6.65. The Labute approximate surface area is 224 Å². The van der Waals surface area contributed by atoms with Gasteiger partial charge in [-0.3, -0.25) is 14.9 Å². The number of amides is 2. The van der Waals surface area contributed by atoms with E-state index in [-0.39, 0.29) is 23.0 Å². The Balaban J connectivity index is 1.43. The van der Waals surface area contributed by atoms with E-state index in [4.69, 9.17) is 17.0 Å². The van der Waals surface area contributed by atoms with Gasteiger partial charge in [0.2, 0.25) is 0 Å². The monoisotopic (exact) mass is 517 g/mol. The van der Waals surface area contributed by atoms with Gasteiger partial charge in [-0.15, -0.1) is 0 Å². The zero-order valence-electron chi connectivity index (χ0n) is 21.5. The lowest BCUT2D eigenvalue weighted by molar-refractivity contribution is 0.0938. The van der Waals surface area contributed by atoms with Crippen molar-refractivity contribution in [3.8, 4) is 5.75 Å². The second kappa shape index (κ2) is 14.8. The van der Waals surface area contributed by atoms with E-state index in [0.717, 1.165) is 17.7 Å². The van der Waals surface area contributed by atoms with E-state index >= 15 is 0 Å². The van der Waals surface area contributed by atoms with Crippen LogP contribution in [0.1, 0.15) is 78.3 Å².